The van der Waals surface area contributed by atoms with Gasteiger partial charge in [0.05, 0.1) is 15.9 Å². The lowest BCUT2D eigenvalue weighted by atomic mass is 10.1. The van der Waals surface area contributed by atoms with E-state index in [0.717, 1.165) is 11.6 Å². The van der Waals surface area contributed by atoms with Gasteiger partial charge in [0.25, 0.3) is 11.4 Å². The second kappa shape index (κ2) is 6.17. The van der Waals surface area contributed by atoms with Gasteiger partial charge in [0.1, 0.15) is 11.5 Å². The molecule has 0 radical (unpaired) electrons. The van der Waals surface area contributed by atoms with Crippen molar-refractivity contribution >= 4 is 17.1 Å². The topological polar surface area (TPSA) is 98.3 Å². The van der Waals surface area contributed by atoms with Crippen molar-refractivity contribution in [1.82, 2.24) is 0 Å². The molecule has 0 bridgehead atoms. The summed E-state index contributed by atoms with van der Waals surface area (Å²) in [5.41, 5.74) is 0.149. The van der Waals surface area contributed by atoms with Crippen LogP contribution in [-0.4, -0.2) is 9.85 Å². The summed E-state index contributed by atoms with van der Waals surface area (Å²) in [4.78, 5) is 20.4. The highest BCUT2D eigenvalue weighted by atomic mass is 19.1. The Kier molecular flexibility index (Phi) is 4.31. The predicted octanol–water partition coefficient (Wildman–Crippen LogP) is 3.82. The molecule has 2 aromatic rings. The van der Waals surface area contributed by atoms with Crippen molar-refractivity contribution in [2.75, 3.05) is 5.32 Å². The van der Waals surface area contributed by atoms with Crippen LogP contribution in [0.1, 0.15) is 18.5 Å². The quantitative estimate of drug-likeness (QED) is 0.669. The highest BCUT2D eigenvalue weighted by molar-refractivity contribution is 5.66. The Labute approximate surface area is 124 Å². The smallest absolute Gasteiger partial charge is 0.299 e. The van der Waals surface area contributed by atoms with E-state index in [9.17, 15) is 24.6 Å². The van der Waals surface area contributed by atoms with Crippen LogP contribution in [0.4, 0.5) is 21.5 Å². The standard InChI is InChI=1S/C14H12FN3O4/c1-9(10-2-4-11(15)5-3-10)16-13-7-6-12(17(19)20)8-14(13)18(21)22/h2-9,16H,1H3/t9-/m0/s1. The predicted molar refractivity (Wildman–Crippen MR) is 78.2 cm³/mol. The Bertz CT molecular complexity index is 719. The van der Waals surface area contributed by atoms with Crippen molar-refractivity contribution in [1.29, 1.82) is 0 Å². The summed E-state index contributed by atoms with van der Waals surface area (Å²) in [6.45, 7) is 1.75. The van der Waals surface area contributed by atoms with Crippen LogP contribution in [-0.2, 0) is 0 Å². The fraction of sp³-hybridized carbons (Fsp3) is 0.143. The molecule has 0 aliphatic rings. The second-order valence-corrected chi connectivity index (χ2v) is 4.63. The highest BCUT2D eigenvalue weighted by Gasteiger charge is 2.20. The number of nitrogens with one attached hydrogen (secondary N) is 1. The molecule has 0 fully saturated rings. The van der Waals surface area contributed by atoms with Crippen LogP contribution in [0.3, 0.4) is 0 Å². The number of benzene rings is 2. The van der Waals surface area contributed by atoms with Gasteiger partial charge in [0, 0.05) is 12.1 Å². The van der Waals surface area contributed by atoms with Crippen LogP contribution < -0.4 is 5.32 Å². The van der Waals surface area contributed by atoms with Gasteiger partial charge in [-0.1, -0.05) is 12.1 Å². The third-order valence-electron chi connectivity index (χ3n) is 3.13. The maximum absolute atomic E-state index is 12.9. The van der Waals surface area contributed by atoms with Crippen LogP contribution >= 0.6 is 0 Å². The third-order valence-corrected chi connectivity index (χ3v) is 3.13. The Morgan fingerprint density at radius 1 is 1.05 bits per heavy atom. The number of anilines is 1. The number of nitro benzene ring substituents is 2. The molecule has 0 aliphatic heterocycles. The molecule has 114 valence electrons. The van der Waals surface area contributed by atoms with Crippen molar-refractivity contribution in [2.24, 2.45) is 0 Å². The maximum Gasteiger partial charge on any atom is 0.299 e. The summed E-state index contributed by atoms with van der Waals surface area (Å²) in [7, 11) is 0. The molecule has 0 saturated heterocycles. The molecule has 7 nitrogen and oxygen atoms in total. The van der Waals surface area contributed by atoms with E-state index in [4.69, 9.17) is 0 Å². The first kappa shape index (κ1) is 15.4. The fourth-order valence-electron chi connectivity index (χ4n) is 1.97. The number of rotatable bonds is 5. The monoisotopic (exact) mass is 305 g/mol. The molecule has 22 heavy (non-hydrogen) atoms. The van der Waals surface area contributed by atoms with Crippen molar-refractivity contribution in [3.63, 3.8) is 0 Å². The lowest BCUT2D eigenvalue weighted by molar-refractivity contribution is -0.393. The molecule has 0 unspecified atom stereocenters. The van der Waals surface area contributed by atoms with Gasteiger partial charge < -0.3 is 5.32 Å². The van der Waals surface area contributed by atoms with Gasteiger partial charge in [0.15, 0.2) is 0 Å². The average Bonchev–Trinajstić information content (AvgIpc) is 2.47. The van der Waals surface area contributed by atoms with Crippen LogP contribution in [0.25, 0.3) is 0 Å². The van der Waals surface area contributed by atoms with Crippen molar-refractivity contribution in [3.05, 3.63) is 74.1 Å². The lowest BCUT2D eigenvalue weighted by Crippen LogP contribution is -2.08. The normalized spacial score (nSPS) is 11.7. The van der Waals surface area contributed by atoms with Crippen LogP contribution in [0.15, 0.2) is 42.5 Å². The number of nitro groups is 2. The first-order valence-corrected chi connectivity index (χ1v) is 6.33. The number of hydrogen-bond acceptors (Lipinski definition) is 5. The number of halogens is 1. The molecule has 0 aromatic heterocycles. The summed E-state index contributed by atoms with van der Waals surface area (Å²) in [6.07, 6.45) is 0. The van der Waals surface area contributed by atoms with Gasteiger partial charge >= 0.3 is 0 Å². The van der Waals surface area contributed by atoms with Crippen molar-refractivity contribution < 1.29 is 14.2 Å². The van der Waals surface area contributed by atoms with E-state index in [1.165, 1.54) is 24.3 Å². The third kappa shape index (κ3) is 3.35. The van der Waals surface area contributed by atoms with E-state index in [1.807, 2.05) is 0 Å². The number of non-ortho nitro benzene ring substituents is 1. The van der Waals surface area contributed by atoms with E-state index in [1.54, 1.807) is 19.1 Å². The zero-order valence-electron chi connectivity index (χ0n) is 11.5. The van der Waals surface area contributed by atoms with Crippen LogP contribution in [0, 0.1) is 26.0 Å². The minimum atomic E-state index is -0.694. The molecule has 0 amide bonds. The first-order valence-electron chi connectivity index (χ1n) is 6.33. The first-order chi connectivity index (χ1) is 10.4. The fourth-order valence-corrected chi connectivity index (χ4v) is 1.97. The Morgan fingerprint density at radius 3 is 2.23 bits per heavy atom. The average molecular weight is 305 g/mol. The Balaban J connectivity index is 2.30. The second-order valence-electron chi connectivity index (χ2n) is 4.63. The summed E-state index contributed by atoms with van der Waals surface area (Å²) < 4.78 is 12.9. The van der Waals surface area contributed by atoms with Gasteiger partial charge in [-0.15, -0.1) is 0 Å². The molecule has 2 aromatic carbocycles. The molecule has 8 heteroatoms. The van der Waals surface area contributed by atoms with E-state index < -0.39 is 9.85 Å². The Morgan fingerprint density at radius 2 is 1.68 bits per heavy atom. The molecule has 1 N–H and O–H groups in total. The van der Waals surface area contributed by atoms with Crippen molar-refractivity contribution in [3.8, 4) is 0 Å². The van der Waals surface area contributed by atoms with Crippen LogP contribution in [0.5, 0.6) is 0 Å². The number of hydrogen-bond donors (Lipinski definition) is 1. The van der Waals surface area contributed by atoms with Gasteiger partial charge in [0.2, 0.25) is 0 Å². The summed E-state index contributed by atoms with van der Waals surface area (Å²) >= 11 is 0. The van der Waals surface area contributed by atoms with Crippen molar-refractivity contribution in [2.45, 2.75) is 13.0 Å². The van der Waals surface area contributed by atoms with Crippen LogP contribution in [0.2, 0.25) is 0 Å². The molecule has 0 saturated carbocycles. The van der Waals surface area contributed by atoms with E-state index >= 15 is 0 Å². The summed E-state index contributed by atoms with van der Waals surface area (Å²) in [5.74, 6) is -0.378. The minimum Gasteiger partial charge on any atom is -0.373 e. The lowest BCUT2D eigenvalue weighted by Gasteiger charge is -2.15. The van der Waals surface area contributed by atoms with Gasteiger partial charge in [-0.3, -0.25) is 20.2 Å². The summed E-state index contributed by atoms with van der Waals surface area (Å²) in [5, 5.41) is 24.6. The largest absolute Gasteiger partial charge is 0.373 e. The molecular formula is C14H12FN3O4. The van der Waals surface area contributed by atoms with Gasteiger partial charge in [-0.2, -0.15) is 0 Å². The molecule has 2 rings (SSSR count). The zero-order valence-corrected chi connectivity index (χ0v) is 11.5. The SMILES string of the molecule is C[C@H](Nc1ccc([N+](=O)[O-])cc1[N+](=O)[O-])c1ccc(F)cc1. The summed E-state index contributed by atoms with van der Waals surface area (Å²) in [6, 6.07) is 8.74. The Hall–Kier alpha value is -3.03. The molecule has 1 atom stereocenters. The molecule has 0 heterocycles. The molecule has 0 spiro atoms. The molecular weight excluding hydrogens is 293 g/mol. The number of nitrogens with zero attached hydrogens (tertiary/aromatic N) is 2. The zero-order chi connectivity index (χ0) is 16.3. The van der Waals surface area contributed by atoms with Gasteiger partial charge in [-0.05, 0) is 30.7 Å². The minimum absolute atomic E-state index is 0.160. The molecule has 0 aliphatic carbocycles. The van der Waals surface area contributed by atoms with E-state index in [2.05, 4.69) is 5.32 Å². The van der Waals surface area contributed by atoms with E-state index in [0.29, 0.717) is 0 Å². The van der Waals surface area contributed by atoms with E-state index in [-0.39, 0.29) is 28.9 Å². The highest BCUT2D eigenvalue weighted by Crippen LogP contribution is 2.31. The maximum atomic E-state index is 12.9. The van der Waals surface area contributed by atoms with Gasteiger partial charge in [-0.25, -0.2) is 4.39 Å².